The van der Waals surface area contributed by atoms with Gasteiger partial charge in [0.15, 0.2) is 0 Å². The minimum Gasteiger partial charge on any atom is -0.334 e. The molecule has 0 spiro atoms. The van der Waals surface area contributed by atoms with E-state index >= 15 is 0 Å². The van der Waals surface area contributed by atoms with Gasteiger partial charge in [-0.2, -0.15) is 0 Å². The average Bonchev–Trinajstić information content (AvgIpc) is 2.62. The zero-order valence-corrected chi connectivity index (χ0v) is 11.8. The van der Waals surface area contributed by atoms with E-state index in [-0.39, 0.29) is 11.8 Å². The van der Waals surface area contributed by atoms with Gasteiger partial charge in [-0.05, 0) is 0 Å². The first-order valence-electron chi connectivity index (χ1n) is 6.86. The summed E-state index contributed by atoms with van der Waals surface area (Å²) in [5.74, 6) is -0.334. The minimum atomic E-state index is -0.167. The molecule has 2 aromatic heterocycles. The van der Waals surface area contributed by atoms with Gasteiger partial charge < -0.3 is 9.80 Å². The molecule has 1 fully saturated rings. The smallest absolute Gasteiger partial charge is 0.274 e. The molecule has 0 bridgehead atoms. The largest absolute Gasteiger partial charge is 0.334 e. The Kier molecular flexibility index (Phi) is 3.99. The second kappa shape index (κ2) is 6.25. The molecule has 2 aromatic rings. The molecule has 0 aromatic carbocycles. The summed E-state index contributed by atoms with van der Waals surface area (Å²) < 4.78 is 0. The standard InChI is InChI=1S/C14H14N6O2/c21-13(11-9-15-1-3-17-11)19-5-7-20(8-6-19)14(22)12-10-16-2-4-18-12/h1-4,9-10H,5-8H2. The lowest BCUT2D eigenvalue weighted by molar-refractivity contribution is 0.0528. The van der Waals surface area contributed by atoms with Crippen molar-refractivity contribution in [1.82, 2.24) is 29.7 Å². The Bertz CT molecular complexity index is 596. The van der Waals surface area contributed by atoms with Crippen LogP contribution < -0.4 is 0 Å². The topological polar surface area (TPSA) is 92.2 Å². The summed E-state index contributed by atoms with van der Waals surface area (Å²) in [7, 11) is 0. The number of hydrogen-bond donors (Lipinski definition) is 0. The van der Waals surface area contributed by atoms with Gasteiger partial charge in [0, 0.05) is 51.0 Å². The SMILES string of the molecule is O=C(c1cnccn1)N1CCN(C(=O)c2cnccn2)CC1. The second-order valence-electron chi connectivity index (χ2n) is 4.77. The highest BCUT2D eigenvalue weighted by molar-refractivity contribution is 5.93. The van der Waals surface area contributed by atoms with Crippen LogP contribution in [-0.2, 0) is 0 Å². The Morgan fingerprint density at radius 2 is 1.14 bits per heavy atom. The van der Waals surface area contributed by atoms with E-state index in [1.807, 2.05) is 0 Å². The van der Waals surface area contributed by atoms with Gasteiger partial charge in [0.1, 0.15) is 11.4 Å². The summed E-state index contributed by atoms with van der Waals surface area (Å²) in [6.45, 7) is 1.84. The maximum absolute atomic E-state index is 12.2. The third kappa shape index (κ3) is 2.90. The Labute approximate surface area is 126 Å². The molecule has 0 saturated carbocycles. The van der Waals surface area contributed by atoms with Crippen molar-refractivity contribution in [2.75, 3.05) is 26.2 Å². The quantitative estimate of drug-likeness (QED) is 0.766. The lowest BCUT2D eigenvalue weighted by Crippen LogP contribution is -2.50. The van der Waals surface area contributed by atoms with Crippen LogP contribution in [-0.4, -0.2) is 67.7 Å². The number of rotatable bonds is 2. The van der Waals surface area contributed by atoms with E-state index in [2.05, 4.69) is 19.9 Å². The van der Waals surface area contributed by atoms with E-state index in [0.717, 1.165) is 0 Å². The lowest BCUT2D eigenvalue weighted by atomic mass is 10.2. The zero-order chi connectivity index (χ0) is 15.4. The predicted octanol–water partition coefficient (Wildman–Crippen LogP) is -0.135. The molecule has 8 heteroatoms. The van der Waals surface area contributed by atoms with Crippen molar-refractivity contribution in [3.63, 3.8) is 0 Å². The van der Waals surface area contributed by atoms with Crippen LogP contribution in [0.4, 0.5) is 0 Å². The van der Waals surface area contributed by atoms with Crippen LogP contribution in [0.2, 0.25) is 0 Å². The van der Waals surface area contributed by atoms with Crippen molar-refractivity contribution >= 4 is 11.8 Å². The third-order valence-electron chi connectivity index (χ3n) is 3.42. The van der Waals surface area contributed by atoms with Gasteiger partial charge in [-0.25, -0.2) is 9.97 Å². The monoisotopic (exact) mass is 298 g/mol. The molecule has 1 saturated heterocycles. The molecule has 3 heterocycles. The van der Waals surface area contributed by atoms with Gasteiger partial charge in [-0.1, -0.05) is 0 Å². The number of hydrogen-bond acceptors (Lipinski definition) is 6. The fraction of sp³-hybridized carbons (Fsp3) is 0.286. The second-order valence-corrected chi connectivity index (χ2v) is 4.77. The van der Waals surface area contributed by atoms with Crippen LogP contribution in [0.1, 0.15) is 21.0 Å². The molecule has 1 aliphatic rings. The molecule has 0 unspecified atom stereocenters. The summed E-state index contributed by atoms with van der Waals surface area (Å²) in [5, 5.41) is 0. The number of piperazine rings is 1. The number of amides is 2. The molecule has 3 rings (SSSR count). The van der Waals surface area contributed by atoms with Crippen molar-refractivity contribution in [1.29, 1.82) is 0 Å². The third-order valence-corrected chi connectivity index (χ3v) is 3.42. The van der Waals surface area contributed by atoms with Crippen molar-refractivity contribution < 1.29 is 9.59 Å². The van der Waals surface area contributed by atoms with Crippen LogP contribution in [0.3, 0.4) is 0 Å². The van der Waals surface area contributed by atoms with Gasteiger partial charge in [0.25, 0.3) is 11.8 Å². The number of nitrogens with zero attached hydrogens (tertiary/aromatic N) is 6. The Morgan fingerprint density at radius 3 is 1.45 bits per heavy atom. The summed E-state index contributed by atoms with van der Waals surface area (Å²) in [5.41, 5.74) is 0.632. The van der Waals surface area contributed by atoms with Crippen molar-refractivity contribution in [2.24, 2.45) is 0 Å². The zero-order valence-electron chi connectivity index (χ0n) is 11.8. The molecule has 22 heavy (non-hydrogen) atoms. The highest BCUT2D eigenvalue weighted by atomic mass is 16.2. The molecular weight excluding hydrogens is 284 g/mol. The minimum absolute atomic E-state index is 0.167. The molecular formula is C14H14N6O2. The molecule has 8 nitrogen and oxygen atoms in total. The van der Waals surface area contributed by atoms with Gasteiger partial charge in [-0.3, -0.25) is 19.6 Å². The average molecular weight is 298 g/mol. The predicted molar refractivity (Wildman–Crippen MR) is 75.9 cm³/mol. The van der Waals surface area contributed by atoms with E-state index in [0.29, 0.717) is 37.6 Å². The molecule has 1 aliphatic heterocycles. The van der Waals surface area contributed by atoms with Gasteiger partial charge >= 0.3 is 0 Å². The van der Waals surface area contributed by atoms with E-state index in [1.165, 1.54) is 37.2 Å². The van der Waals surface area contributed by atoms with E-state index < -0.39 is 0 Å². The van der Waals surface area contributed by atoms with E-state index in [1.54, 1.807) is 9.80 Å². The van der Waals surface area contributed by atoms with Crippen LogP contribution in [0.15, 0.2) is 37.2 Å². The normalized spacial score (nSPS) is 14.7. The summed E-state index contributed by atoms with van der Waals surface area (Å²) in [6, 6.07) is 0. The van der Waals surface area contributed by atoms with Crippen LogP contribution in [0, 0.1) is 0 Å². The summed E-state index contributed by atoms with van der Waals surface area (Å²) >= 11 is 0. The molecule has 112 valence electrons. The maximum Gasteiger partial charge on any atom is 0.274 e. The Balaban J connectivity index is 1.61. The highest BCUT2D eigenvalue weighted by Gasteiger charge is 2.26. The van der Waals surface area contributed by atoms with Gasteiger partial charge in [0.2, 0.25) is 0 Å². The highest BCUT2D eigenvalue weighted by Crippen LogP contribution is 2.09. The van der Waals surface area contributed by atoms with Crippen molar-refractivity contribution in [3.8, 4) is 0 Å². The van der Waals surface area contributed by atoms with Gasteiger partial charge in [-0.15, -0.1) is 0 Å². The van der Waals surface area contributed by atoms with Crippen LogP contribution in [0.25, 0.3) is 0 Å². The van der Waals surface area contributed by atoms with Crippen LogP contribution >= 0.6 is 0 Å². The molecule has 0 radical (unpaired) electrons. The Hall–Kier alpha value is -2.90. The summed E-state index contributed by atoms with van der Waals surface area (Å²) in [4.78, 5) is 43.6. The maximum atomic E-state index is 12.2. The van der Waals surface area contributed by atoms with Crippen molar-refractivity contribution in [3.05, 3.63) is 48.6 Å². The van der Waals surface area contributed by atoms with E-state index in [9.17, 15) is 9.59 Å². The first kappa shape index (κ1) is 14.1. The molecule has 0 N–H and O–H groups in total. The lowest BCUT2D eigenvalue weighted by Gasteiger charge is -2.34. The number of carbonyl (C=O) groups excluding carboxylic acids is 2. The first-order valence-corrected chi connectivity index (χ1v) is 6.86. The fourth-order valence-electron chi connectivity index (χ4n) is 2.26. The van der Waals surface area contributed by atoms with Crippen LogP contribution in [0.5, 0.6) is 0 Å². The number of aromatic nitrogens is 4. The fourth-order valence-corrected chi connectivity index (χ4v) is 2.26. The van der Waals surface area contributed by atoms with E-state index in [4.69, 9.17) is 0 Å². The van der Waals surface area contributed by atoms with Gasteiger partial charge in [0.05, 0.1) is 12.4 Å². The molecule has 0 atom stereocenters. The molecule has 0 aliphatic carbocycles. The Morgan fingerprint density at radius 1 is 0.727 bits per heavy atom. The molecule has 2 amide bonds. The van der Waals surface area contributed by atoms with Crippen molar-refractivity contribution in [2.45, 2.75) is 0 Å². The first-order chi connectivity index (χ1) is 10.8. The number of carbonyl (C=O) groups is 2. The summed E-state index contributed by atoms with van der Waals surface area (Å²) in [6.07, 6.45) is 8.91.